The Bertz CT molecular complexity index is 1520. The van der Waals surface area contributed by atoms with Crippen LogP contribution in [-0.4, -0.2) is 87.2 Å². The zero-order chi connectivity index (χ0) is 29.4. The van der Waals surface area contributed by atoms with Gasteiger partial charge in [0, 0.05) is 69.0 Å². The average molecular weight is 570 g/mol. The molecule has 0 atom stereocenters. The Morgan fingerprint density at radius 1 is 1.27 bits per heavy atom. The van der Waals surface area contributed by atoms with E-state index in [1.54, 1.807) is 19.4 Å². The van der Waals surface area contributed by atoms with Crippen molar-refractivity contribution in [2.24, 2.45) is 9.98 Å². The van der Waals surface area contributed by atoms with Crippen LogP contribution in [0, 0.1) is 17.1 Å². The molecule has 0 radical (unpaired) electrons. The first kappa shape index (κ1) is 28.2. The van der Waals surface area contributed by atoms with E-state index < -0.39 is 34.7 Å². The monoisotopic (exact) mass is 569 g/mol. The topological polar surface area (TPSA) is 119 Å². The molecule has 5 rings (SSSR count). The normalized spacial score (nSPS) is 18.1. The van der Waals surface area contributed by atoms with Crippen molar-refractivity contribution in [3.63, 3.8) is 0 Å². The number of piperidine rings is 1. The summed E-state index contributed by atoms with van der Waals surface area (Å²) in [4.78, 5) is 30.9. The van der Waals surface area contributed by atoms with Crippen LogP contribution in [0.2, 0.25) is 0 Å². The first-order valence-electron chi connectivity index (χ1n) is 12.9. The van der Waals surface area contributed by atoms with E-state index in [1.165, 1.54) is 4.90 Å². The van der Waals surface area contributed by atoms with E-state index in [0.29, 0.717) is 37.5 Å². The number of hydrogen-bond acceptors (Lipinski definition) is 7. The minimum Gasteiger partial charge on any atom is -0.346 e. The van der Waals surface area contributed by atoms with Gasteiger partial charge in [-0.15, -0.1) is 0 Å². The molecule has 0 aromatic carbocycles. The Kier molecular flexibility index (Phi) is 7.48. The number of halogens is 4. The second-order valence-electron chi connectivity index (χ2n) is 10.2. The van der Waals surface area contributed by atoms with Gasteiger partial charge in [0.05, 0.1) is 30.0 Å². The quantitative estimate of drug-likeness (QED) is 0.343. The summed E-state index contributed by atoms with van der Waals surface area (Å²) < 4.78 is 55.4. The van der Waals surface area contributed by atoms with Crippen molar-refractivity contribution in [3.05, 3.63) is 65.1 Å². The van der Waals surface area contributed by atoms with Gasteiger partial charge < -0.3 is 9.88 Å². The molecule has 14 heteroatoms. The molecule has 2 aliphatic rings. The molecule has 10 nitrogen and oxygen atoms in total. The lowest BCUT2D eigenvalue weighted by Gasteiger charge is -2.53. The molecule has 3 aromatic rings. The standard InChI is InChI=1S/C27H27F4N9O/c1-33-22(20-4-10-36-24(20)34-2)17-13-37-40(14-17)26(7-8-32)15-39(16-26)18-5-11-38(12-6-18)25(41)19-3-9-35-23(21(19)28)27(29,30)31/h3-4,9-10,13-14,18,36H,2,5-7,11-12,15-16H2,1H3/b33-22-. The molecule has 3 aromatic heterocycles. The van der Waals surface area contributed by atoms with Crippen LogP contribution < -0.4 is 0 Å². The van der Waals surface area contributed by atoms with Crippen molar-refractivity contribution in [2.75, 3.05) is 33.2 Å². The second kappa shape index (κ2) is 10.9. The summed E-state index contributed by atoms with van der Waals surface area (Å²) in [5.41, 5.74) is -0.621. The number of nitriles is 1. The predicted octanol–water partition coefficient (Wildman–Crippen LogP) is 3.79. The Labute approximate surface area is 233 Å². The van der Waals surface area contributed by atoms with E-state index >= 15 is 0 Å². The number of nitrogens with zero attached hydrogens (tertiary/aromatic N) is 8. The van der Waals surface area contributed by atoms with Gasteiger partial charge in [-0.3, -0.25) is 19.4 Å². The summed E-state index contributed by atoms with van der Waals surface area (Å²) in [5.74, 6) is -1.84. The highest BCUT2D eigenvalue weighted by Gasteiger charge is 2.48. The van der Waals surface area contributed by atoms with Crippen LogP contribution in [-0.2, 0) is 11.7 Å². The second-order valence-corrected chi connectivity index (χ2v) is 10.2. The smallest absolute Gasteiger partial charge is 0.346 e. The minimum absolute atomic E-state index is 0.0998. The van der Waals surface area contributed by atoms with Crippen LogP contribution in [0.5, 0.6) is 0 Å². The molecule has 2 aliphatic heterocycles. The summed E-state index contributed by atoms with van der Waals surface area (Å²) in [6, 6.07) is 5.20. The minimum atomic E-state index is -4.99. The summed E-state index contributed by atoms with van der Waals surface area (Å²) in [5, 5.41) is 14.2. The van der Waals surface area contributed by atoms with Crippen LogP contribution >= 0.6 is 0 Å². The third-order valence-corrected chi connectivity index (χ3v) is 7.76. The molecular weight excluding hydrogens is 542 g/mol. The van der Waals surface area contributed by atoms with Crippen LogP contribution in [0.15, 0.2) is 46.9 Å². The molecule has 1 N–H and O–H groups in total. The highest BCUT2D eigenvalue weighted by atomic mass is 19.4. The van der Waals surface area contributed by atoms with Crippen molar-refractivity contribution in [3.8, 4) is 6.07 Å². The van der Waals surface area contributed by atoms with Gasteiger partial charge in [0.2, 0.25) is 0 Å². The van der Waals surface area contributed by atoms with Crippen molar-refractivity contribution in [1.82, 2.24) is 29.5 Å². The lowest BCUT2D eigenvalue weighted by atomic mass is 9.83. The number of carbonyl (C=O) groups excluding carboxylic acids is 1. The molecule has 0 spiro atoms. The van der Waals surface area contributed by atoms with Gasteiger partial charge in [-0.05, 0) is 31.7 Å². The fraction of sp³-hybridized carbons (Fsp3) is 0.407. The maximum Gasteiger partial charge on any atom is 0.436 e. The van der Waals surface area contributed by atoms with E-state index in [-0.39, 0.29) is 25.6 Å². The van der Waals surface area contributed by atoms with Gasteiger partial charge in [0.1, 0.15) is 11.4 Å². The third kappa shape index (κ3) is 5.13. The Balaban J connectivity index is 1.24. The number of likely N-dealkylation sites (tertiary alicyclic amines) is 2. The highest BCUT2D eigenvalue weighted by molar-refractivity contribution is 6.15. The SMILES string of the molecule is C=Nc1[nH]ccc1/C(=N\C)c1cnn(C2(CC#N)CN(C3CCN(C(=O)c4ccnc(C(F)(F)F)c4F)CC3)C2)c1. The number of alkyl halides is 3. The number of aromatic amines is 1. The van der Waals surface area contributed by atoms with Gasteiger partial charge in [-0.1, -0.05) is 0 Å². The molecule has 0 aliphatic carbocycles. The largest absolute Gasteiger partial charge is 0.436 e. The summed E-state index contributed by atoms with van der Waals surface area (Å²) in [6.07, 6.45) is 2.51. The lowest BCUT2D eigenvalue weighted by molar-refractivity contribution is -0.143. The van der Waals surface area contributed by atoms with Gasteiger partial charge in [0.15, 0.2) is 11.5 Å². The van der Waals surface area contributed by atoms with Crippen LogP contribution in [0.1, 0.15) is 46.4 Å². The van der Waals surface area contributed by atoms with Gasteiger partial charge in [0.25, 0.3) is 5.91 Å². The van der Waals surface area contributed by atoms with Crippen molar-refractivity contribution in [1.29, 1.82) is 5.26 Å². The van der Waals surface area contributed by atoms with Crippen LogP contribution in [0.25, 0.3) is 0 Å². The van der Waals surface area contributed by atoms with E-state index in [9.17, 15) is 27.6 Å². The number of nitrogens with one attached hydrogen (secondary N) is 1. The first-order chi connectivity index (χ1) is 19.6. The number of amides is 1. The zero-order valence-corrected chi connectivity index (χ0v) is 22.2. The van der Waals surface area contributed by atoms with Gasteiger partial charge in [-0.25, -0.2) is 14.4 Å². The fourth-order valence-corrected chi connectivity index (χ4v) is 5.66. The molecule has 0 saturated carbocycles. The Morgan fingerprint density at radius 3 is 2.63 bits per heavy atom. The molecule has 41 heavy (non-hydrogen) atoms. The van der Waals surface area contributed by atoms with E-state index in [2.05, 4.69) is 42.7 Å². The molecule has 2 saturated heterocycles. The van der Waals surface area contributed by atoms with Crippen molar-refractivity contribution < 1.29 is 22.4 Å². The lowest BCUT2D eigenvalue weighted by Crippen LogP contribution is -2.66. The zero-order valence-electron chi connectivity index (χ0n) is 22.2. The number of hydrogen-bond donors (Lipinski definition) is 1. The summed E-state index contributed by atoms with van der Waals surface area (Å²) >= 11 is 0. The molecule has 0 bridgehead atoms. The Hall–Kier alpha value is -4.38. The van der Waals surface area contributed by atoms with E-state index in [4.69, 9.17) is 0 Å². The van der Waals surface area contributed by atoms with Gasteiger partial charge >= 0.3 is 6.18 Å². The van der Waals surface area contributed by atoms with Crippen molar-refractivity contribution in [2.45, 2.75) is 37.0 Å². The van der Waals surface area contributed by atoms with E-state index in [0.717, 1.165) is 23.4 Å². The number of aromatic nitrogens is 4. The average Bonchev–Trinajstić information content (AvgIpc) is 3.61. The maximum absolute atomic E-state index is 14.5. The van der Waals surface area contributed by atoms with Crippen LogP contribution in [0.4, 0.5) is 23.4 Å². The highest BCUT2D eigenvalue weighted by Crippen LogP contribution is 2.37. The number of H-pyrrole nitrogens is 1. The molecule has 0 unspecified atom stereocenters. The molecule has 214 valence electrons. The van der Waals surface area contributed by atoms with Gasteiger partial charge in [-0.2, -0.15) is 23.5 Å². The number of rotatable bonds is 7. The maximum atomic E-state index is 14.5. The first-order valence-corrected chi connectivity index (χ1v) is 12.9. The molecule has 1 amide bonds. The number of aliphatic imine (C=N–C) groups is 2. The van der Waals surface area contributed by atoms with Crippen molar-refractivity contribution >= 4 is 24.2 Å². The molecular formula is C27H27F4N9O. The molecule has 5 heterocycles. The third-order valence-electron chi connectivity index (χ3n) is 7.76. The number of carbonyl (C=O) groups is 1. The fourth-order valence-electron chi connectivity index (χ4n) is 5.66. The summed E-state index contributed by atoms with van der Waals surface area (Å²) in [7, 11) is 1.68. The molecule has 2 fully saturated rings. The predicted molar refractivity (Wildman–Crippen MR) is 142 cm³/mol. The summed E-state index contributed by atoms with van der Waals surface area (Å²) in [6.45, 7) is 5.26. The Morgan fingerprint density at radius 2 is 2.00 bits per heavy atom. The van der Waals surface area contributed by atoms with E-state index in [1.807, 2.05) is 16.9 Å². The number of pyridine rings is 1. The van der Waals surface area contributed by atoms with Crippen LogP contribution in [0.3, 0.4) is 0 Å².